The number of likely N-dealkylation sites (N-methyl/N-ethyl adjacent to an activating group) is 1. The second-order valence-corrected chi connectivity index (χ2v) is 9.38. The molecule has 0 radical (unpaired) electrons. The summed E-state index contributed by atoms with van der Waals surface area (Å²) in [5.74, 6) is -0.0126. The first-order chi connectivity index (χ1) is 19.6. The quantitative estimate of drug-likeness (QED) is 0.232. The van der Waals surface area contributed by atoms with Crippen LogP contribution in [0.1, 0.15) is 31.3 Å². The molecule has 0 saturated carbocycles. The molecular formula is C33H29N3O4. The molecule has 0 aromatic heterocycles. The fourth-order valence-electron chi connectivity index (χ4n) is 4.74. The van der Waals surface area contributed by atoms with Crippen molar-refractivity contribution >= 4 is 40.8 Å². The predicted octanol–water partition coefficient (Wildman–Crippen LogP) is 7.46. The zero-order chi connectivity index (χ0) is 27.5. The third kappa shape index (κ3) is 5.12. The minimum absolute atomic E-state index is 0.221. The van der Waals surface area contributed by atoms with E-state index in [1.54, 1.807) is 6.08 Å². The molecule has 2 aliphatic rings. The fraction of sp³-hybridized carbons (Fsp3) is 0.152. The van der Waals surface area contributed by atoms with Gasteiger partial charge in [-0.25, -0.2) is 0 Å². The molecule has 4 aromatic rings. The first-order valence-corrected chi connectivity index (χ1v) is 13.3. The van der Waals surface area contributed by atoms with Crippen molar-refractivity contribution < 1.29 is 19.0 Å². The highest BCUT2D eigenvalue weighted by Gasteiger charge is 2.35. The van der Waals surface area contributed by atoms with E-state index < -0.39 is 6.29 Å². The van der Waals surface area contributed by atoms with E-state index in [0.29, 0.717) is 12.2 Å². The number of para-hydroxylation sites is 3. The van der Waals surface area contributed by atoms with Gasteiger partial charge in [-0.05, 0) is 68.0 Å². The summed E-state index contributed by atoms with van der Waals surface area (Å²) in [5, 5.41) is 0. The lowest BCUT2D eigenvalue weighted by Gasteiger charge is -2.34. The molecular weight excluding hydrogens is 502 g/mol. The Labute approximate surface area is 233 Å². The van der Waals surface area contributed by atoms with Gasteiger partial charge in [-0.15, -0.1) is 0 Å². The van der Waals surface area contributed by atoms with Crippen LogP contribution in [0.3, 0.4) is 0 Å². The minimum atomic E-state index is -0.484. The van der Waals surface area contributed by atoms with Gasteiger partial charge in [0.2, 0.25) is 0 Å². The smallest absolute Gasteiger partial charge is 0.305 e. The second-order valence-electron chi connectivity index (χ2n) is 9.38. The Morgan fingerprint density at radius 2 is 1.38 bits per heavy atom. The SMILES string of the molecule is CCN1C(=O)/C(=C\c2ccc(N(c3ccccc3)c3ccccc3)cc2)O/C1=N/c1ccccc1C1OC(C)O1. The highest BCUT2D eigenvalue weighted by molar-refractivity contribution is 6.11. The number of amidine groups is 1. The van der Waals surface area contributed by atoms with Gasteiger partial charge in [-0.1, -0.05) is 66.7 Å². The van der Waals surface area contributed by atoms with Crippen molar-refractivity contribution in [3.8, 4) is 0 Å². The molecule has 4 aromatic carbocycles. The lowest BCUT2D eigenvalue weighted by atomic mass is 10.1. The number of nitrogens with zero attached hydrogens (tertiary/aromatic N) is 3. The van der Waals surface area contributed by atoms with Crippen molar-refractivity contribution in [2.45, 2.75) is 26.4 Å². The Balaban J connectivity index is 1.27. The summed E-state index contributed by atoms with van der Waals surface area (Å²) in [6.07, 6.45) is 1.01. The maximum Gasteiger partial charge on any atom is 0.305 e. The molecule has 200 valence electrons. The van der Waals surface area contributed by atoms with Gasteiger partial charge >= 0.3 is 6.02 Å². The lowest BCUT2D eigenvalue weighted by molar-refractivity contribution is -0.382. The number of hydrogen-bond donors (Lipinski definition) is 0. The number of anilines is 3. The number of carbonyl (C=O) groups is 1. The van der Waals surface area contributed by atoms with E-state index in [9.17, 15) is 4.79 Å². The predicted molar refractivity (Wildman–Crippen MR) is 155 cm³/mol. The van der Waals surface area contributed by atoms with E-state index in [-0.39, 0.29) is 24.0 Å². The Morgan fingerprint density at radius 3 is 1.98 bits per heavy atom. The maximum atomic E-state index is 13.2. The molecule has 2 aliphatic heterocycles. The van der Waals surface area contributed by atoms with Gasteiger partial charge in [-0.2, -0.15) is 4.99 Å². The third-order valence-electron chi connectivity index (χ3n) is 6.72. The molecule has 2 heterocycles. The lowest BCUT2D eigenvalue weighted by Crippen LogP contribution is -2.32. The number of aliphatic imine (C=N–C) groups is 1. The molecule has 0 spiro atoms. The Morgan fingerprint density at radius 1 is 0.800 bits per heavy atom. The van der Waals surface area contributed by atoms with E-state index in [0.717, 1.165) is 28.2 Å². The van der Waals surface area contributed by atoms with Gasteiger partial charge in [0.15, 0.2) is 18.3 Å². The van der Waals surface area contributed by atoms with Crippen LogP contribution in [0.4, 0.5) is 22.7 Å². The molecule has 7 nitrogen and oxygen atoms in total. The van der Waals surface area contributed by atoms with Gasteiger partial charge in [0.1, 0.15) is 0 Å². The average molecular weight is 532 g/mol. The zero-order valence-corrected chi connectivity index (χ0v) is 22.3. The van der Waals surface area contributed by atoms with Crippen molar-refractivity contribution in [2.24, 2.45) is 4.99 Å². The summed E-state index contributed by atoms with van der Waals surface area (Å²) in [5.41, 5.74) is 5.38. The van der Waals surface area contributed by atoms with Crippen LogP contribution in [0.15, 0.2) is 120 Å². The average Bonchev–Trinajstić information content (AvgIpc) is 3.27. The Bertz CT molecular complexity index is 1510. The van der Waals surface area contributed by atoms with Crippen LogP contribution in [0.2, 0.25) is 0 Å². The van der Waals surface area contributed by atoms with E-state index >= 15 is 0 Å². The van der Waals surface area contributed by atoms with Crippen LogP contribution < -0.4 is 4.90 Å². The summed E-state index contributed by atoms with van der Waals surface area (Å²) >= 11 is 0. The van der Waals surface area contributed by atoms with Crippen molar-refractivity contribution in [2.75, 3.05) is 11.4 Å². The maximum absolute atomic E-state index is 13.2. The highest BCUT2D eigenvalue weighted by atomic mass is 16.9. The molecule has 1 amide bonds. The van der Waals surface area contributed by atoms with Gasteiger partial charge in [-0.3, -0.25) is 9.69 Å². The molecule has 0 aliphatic carbocycles. The van der Waals surface area contributed by atoms with Crippen molar-refractivity contribution in [3.63, 3.8) is 0 Å². The molecule has 2 fully saturated rings. The van der Waals surface area contributed by atoms with E-state index in [4.69, 9.17) is 14.2 Å². The van der Waals surface area contributed by atoms with Crippen LogP contribution in [0.25, 0.3) is 6.08 Å². The van der Waals surface area contributed by atoms with Crippen LogP contribution >= 0.6 is 0 Å². The number of carbonyl (C=O) groups excluding carboxylic acids is 1. The van der Waals surface area contributed by atoms with Crippen LogP contribution in [0.5, 0.6) is 0 Å². The van der Waals surface area contributed by atoms with E-state index in [1.807, 2.05) is 98.8 Å². The van der Waals surface area contributed by atoms with Crippen LogP contribution in [-0.2, 0) is 19.0 Å². The normalized spacial score (nSPS) is 20.4. The van der Waals surface area contributed by atoms with E-state index in [1.165, 1.54) is 4.90 Å². The molecule has 40 heavy (non-hydrogen) atoms. The zero-order valence-electron chi connectivity index (χ0n) is 22.3. The van der Waals surface area contributed by atoms with Gasteiger partial charge in [0.05, 0.1) is 5.69 Å². The van der Waals surface area contributed by atoms with Crippen molar-refractivity contribution in [1.82, 2.24) is 4.90 Å². The van der Waals surface area contributed by atoms with Gasteiger partial charge in [0, 0.05) is 29.2 Å². The molecule has 0 N–H and O–H groups in total. The van der Waals surface area contributed by atoms with Crippen LogP contribution in [0, 0.1) is 0 Å². The number of amides is 1. The first kappa shape index (κ1) is 25.6. The van der Waals surface area contributed by atoms with E-state index in [2.05, 4.69) is 34.2 Å². The molecule has 7 heteroatoms. The Hall–Kier alpha value is -4.72. The molecule has 0 unspecified atom stereocenters. The first-order valence-electron chi connectivity index (χ1n) is 13.3. The van der Waals surface area contributed by atoms with Crippen molar-refractivity contribution in [1.29, 1.82) is 0 Å². The molecule has 0 bridgehead atoms. The number of hydrogen-bond acceptors (Lipinski definition) is 6. The minimum Gasteiger partial charge on any atom is -0.419 e. The molecule has 6 rings (SSSR count). The standard InChI is InChI=1S/C33H29N3O4/c1-3-35-31(37)30(40-33(35)34-29-17-11-10-16-28(29)32-38-23(2)39-32)22-24-18-20-27(21-19-24)36(25-12-6-4-7-13-25)26-14-8-5-9-15-26/h4-23,32H,3H2,1-2H3/b30-22+,34-33+. The second kappa shape index (κ2) is 11.2. The number of benzene rings is 4. The monoisotopic (exact) mass is 531 g/mol. The number of rotatable bonds is 7. The largest absolute Gasteiger partial charge is 0.419 e. The molecule has 2 saturated heterocycles. The summed E-state index contributed by atoms with van der Waals surface area (Å²) in [6, 6.07) is 36.2. The third-order valence-corrected chi connectivity index (χ3v) is 6.72. The summed E-state index contributed by atoms with van der Waals surface area (Å²) in [7, 11) is 0. The Kier molecular flexibility index (Phi) is 7.14. The van der Waals surface area contributed by atoms with Gasteiger partial charge in [0.25, 0.3) is 5.91 Å². The topological polar surface area (TPSA) is 63.6 Å². The van der Waals surface area contributed by atoms with Crippen molar-refractivity contribution in [3.05, 3.63) is 126 Å². The van der Waals surface area contributed by atoms with Crippen LogP contribution in [-0.4, -0.2) is 29.7 Å². The molecule has 0 atom stereocenters. The highest BCUT2D eigenvalue weighted by Crippen LogP contribution is 2.38. The van der Waals surface area contributed by atoms with Gasteiger partial charge < -0.3 is 19.1 Å². The fourth-order valence-corrected chi connectivity index (χ4v) is 4.74. The summed E-state index contributed by atoms with van der Waals surface area (Å²) in [6.45, 7) is 4.15. The number of ether oxygens (including phenoxy) is 3. The summed E-state index contributed by atoms with van der Waals surface area (Å²) < 4.78 is 17.3. The summed E-state index contributed by atoms with van der Waals surface area (Å²) in [4.78, 5) is 21.6.